The fraction of sp³-hybridized carbons (Fsp3) is 0.286. The molecule has 2 rings (SSSR count). The zero-order chi connectivity index (χ0) is 14.5. The molecule has 0 aliphatic heterocycles. The largest absolute Gasteiger partial charge is 0.497 e. The number of nitrogens with one attached hydrogen (secondary N) is 1. The van der Waals surface area contributed by atoms with Crippen molar-refractivity contribution < 1.29 is 14.3 Å². The molecule has 0 fully saturated rings. The van der Waals surface area contributed by atoms with Gasteiger partial charge in [0.05, 0.1) is 25.4 Å². The first kappa shape index (κ1) is 14.3. The molecule has 0 saturated carbocycles. The topological polar surface area (TPSA) is 60.5 Å². The Morgan fingerprint density at radius 2 is 1.90 bits per heavy atom. The average molecular weight is 292 g/mol. The molecule has 0 spiro atoms. The van der Waals surface area contributed by atoms with Crippen molar-refractivity contribution in [3.8, 4) is 11.5 Å². The molecule has 0 atom stereocenters. The highest BCUT2D eigenvalue weighted by Gasteiger charge is 2.11. The minimum Gasteiger partial charge on any atom is -0.497 e. The van der Waals surface area contributed by atoms with Crippen molar-refractivity contribution in [1.82, 2.24) is 4.98 Å². The lowest BCUT2D eigenvalue weighted by molar-refractivity contribution is 0.103. The molecule has 20 heavy (non-hydrogen) atoms. The van der Waals surface area contributed by atoms with Crippen LogP contribution >= 0.6 is 11.3 Å². The summed E-state index contributed by atoms with van der Waals surface area (Å²) in [7, 11) is 3.13. The number of anilines is 1. The first-order valence-corrected chi connectivity index (χ1v) is 6.97. The number of aryl methyl sites for hydroxylation is 1. The van der Waals surface area contributed by atoms with Gasteiger partial charge in [0, 0.05) is 23.9 Å². The fourth-order valence-electron chi connectivity index (χ4n) is 1.65. The number of benzene rings is 1. The first-order chi connectivity index (χ1) is 9.66. The monoisotopic (exact) mass is 292 g/mol. The van der Waals surface area contributed by atoms with Gasteiger partial charge in [-0.3, -0.25) is 4.79 Å². The van der Waals surface area contributed by atoms with Gasteiger partial charge >= 0.3 is 0 Å². The van der Waals surface area contributed by atoms with Crippen LogP contribution in [0, 0.1) is 0 Å². The van der Waals surface area contributed by atoms with Crippen molar-refractivity contribution in [2.24, 2.45) is 0 Å². The lowest BCUT2D eigenvalue weighted by Gasteiger charge is -2.09. The summed E-state index contributed by atoms with van der Waals surface area (Å²) >= 11 is 1.39. The number of thiazole rings is 1. The number of amides is 1. The number of carbonyl (C=O) groups excluding carboxylic acids is 1. The normalized spacial score (nSPS) is 10.2. The number of hydrogen-bond acceptors (Lipinski definition) is 5. The predicted molar refractivity (Wildman–Crippen MR) is 79.0 cm³/mol. The molecular weight excluding hydrogens is 276 g/mol. The van der Waals surface area contributed by atoms with E-state index < -0.39 is 0 Å². The molecule has 1 aromatic carbocycles. The lowest BCUT2D eigenvalue weighted by Crippen LogP contribution is -2.10. The number of nitrogens with zero attached hydrogens (tertiary/aromatic N) is 1. The van der Waals surface area contributed by atoms with Gasteiger partial charge in [-0.15, -0.1) is 11.3 Å². The number of aromatic nitrogens is 1. The molecule has 0 saturated heterocycles. The Labute approximate surface area is 121 Å². The van der Waals surface area contributed by atoms with E-state index in [0.29, 0.717) is 22.1 Å². The van der Waals surface area contributed by atoms with Crippen LogP contribution in [-0.4, -0.2) is 25.1 Å². The molecule has 6 heteroatoms. The van der Waals surface area contributed by atoms with Gasteiger partial charge in [0.25, 0.3) is 5.91 Å². The summed E-state index contributed by atoms with van der Waals surface area (Å²) in [6.45, 7) is 2.01. The summed E-state index contributed by atoms with van der Waals surface area (Å²) in [5, 5.41) is 3.76. The van der Waals surface area contributed by atoms with Gasteiger partial charge in [-0.05, 0) is 6.42 Å². The van der Waals surface area contributed by atoms with Gasteiger partial charge < -0.3 is 14.8 Å². The summed E-state index contributed by atoms with van der Waals surface area (Å²) < 4.78 is 10.3. The molecular formula is C14H16N2O3S. The molecule has 0 radical (unpaired) electrons. The zero-order valence-corrected chi connectivity index (χ0v) is 12.4. The van der Waals surface area contributed by atoms with Gasteiger partial charge in [0.2, 0.25) is 0 Å². The summed E-state index contributed by atoms with van der Waals surface area (Å²) in [6, 6.07) is 5.22. The molecule has 0 unspecified atom stereocenters. The summed E-state index contributed by atoms with van der Waals surface area (Å²) in [4.78, 5) is 16.9. The van der Waals surface area contributed by atoms with E-state index in [1.807, 2.05) is 6.92 Å². The maximum Gasteiger partial charge on any atom is 0.267 e. The number of methoxy groups -OCH3 is 2. The number of ether oxygens (including phenoxy) is 2. The maximum absolute atomic E-state index is 12.1. The highest BCUT2D eigenvalue weighted by molar-refractivity contribution is 7.13. The minimum absolute atomic E-state index is 0.183. The average Bonchev–Trinajstić information content (AvgIpc) is 2.95. The molecule has 0 aliphatic carbocycles. The van der Waals surface area contributed by atoms with Crippen LogP contribution in [0.25, 0.3) is 0 Å². The molecule has 1 heterocycles. The highest BCUT2D eigenvalue weighted by Crippen LogP contribution is 2.26. The molecule has 106 valence electrons. The second-order valence-electron chi connectivity index (χ2n) is 4.03. The Morgan fingerprint density at radius 3 is 2.40 bits per heavy atom. The quantitative estimate of drug-likeness (QED) is 0.920. The van der Waals surface area contributed by atoms with Crippen molar-refractivity contribution in [3.05, 3.63) is 34.3 Å². The second kappa shape index (κ2) is 6.38. The smallest absolute Gasteiger partial charge is 0.267 e. The molecule has 1 amide bonds. The van der Waals surface area contributed by atoms with E-state index in [0.717, 1.165) is 11.4 Å². The van der Waals surface area contributed by atoms with Crippen LogP contribution in [0.2, 0.25) is 0 Å². The van der Waals surface area contributed by atoms with E-state index in [4.69, 9.17) is 9.47 Å². The van der Waals surface area contributed by atoms with Crippen LogP contribution < -0.4 is 14.8 Å². The van der Waals surface area contributed by atoms with Gasteiger partial charge in [-0.25, -0.2) is 4.98 Å². The van der Waals surface area contributed by atoms with Gasteiger partial charge in [0.1, 0.15) is 16.4 Å². The van der Waals surface area contributed by atoms with Crippen molar-refractivity contribution in [1.29, 1.82) is 0 Å². The molecule has 5 nitrogen and oxygen atoms in total. The Morgan fingerprint density at radius 1 is 1.25 bits per heavy atom. The predicted octanol–water partition coefficient (Wildman–Crippen LogP) is 2.98. The zero-order valence-electron chi connectivity index (χ0n) is 11.6. The molecule has 0 bridgehead atoms. The lowest BCUT2D eigenvalue weighted by atomic mass is 10.2. The number of rotatable bonds is 5. The van der Waals surface area contributed by atoms with Crippen LogP contribution in [0.1, 0.15) is 21.6 Å². The summed E-state index contributed by atoms with van der Waals surface area (Å²) in [5.74, 6) is 1.06. The van der Waals surface area contributed by atoms with Crippen molar-refractivity contribution in [2.45, 2.75) is 13.3 Å². The fourth-order valence-corrected chi connectivity index (χ4v) is 2.40. The Hall–Kier alpha value is -2.08. The van der Waals surface area contributed by atoms with Crippen molar-refractivity contribution >= 4 is 22.9 Å². The molecule has 1 N–H and O–H groups in total. The molecule has 1 aromatic heterocycles. The van der Waals surface area contributed by atoms with Crippen molar-refractivity contribution in [3.63, 3.8) is 0 Å². The van der Waals surface area contributed by atoms with Gasteiger partial charge in [0.15, 0.2) is 0 Å². The van der Waals surface area contributed by atoms with E-state index in [9.17, 15) is 4.79 Å². The van der Waals surface area contributed by atoms with E-state index in [1.54, 1.807) is 38.6 Å². The Bertz CT molecular complexity index is 588. The van der Waals surface area contributed by atoms with Crippen molar-refractivity contribution in [2.75, 3.05) is 19.5 Å². The van der Waals surface area contributed by atoms with E-state index >= 15 is 0 Å². The SMILES string of the molecule is CCc1ncc(C(=O)Nc2cc(OC)cc(OC)c2)s1. The van der Waals surface area contributed by atoms with Crippen LogP contribution in [0.4, 0.5) is 5.69 Å². The number of carbonyl (C=O) groups is 1. The van der Waals surface area contributed by atoms with E-state index in [-0.39, 0.29) is 5.91 Å². The minimum atomic E-state index is -0.183. The number of hydrogen-bond donors (Lipinski definition) is 1. The standard InChI is InChI=1S/C14H16N2O3S/c1-4-13-15-8-12(20-13)14(17)16-9-5-10(18-2)7-11(6-9)19-3/h5-8H,4H2,1-3H3,(H,16,17). The third kappa shape index (κ3) is 3.27. The van der Waals surface area contributed by atoms with Crippen LogP contribution in [0.3, 0.4) is 0 Å². The maximum atomic E-state index is 12.1. The third-order valence-electron chi connectivity index (χ3n) is 2.69. The van der Waals surface area contributed by atoms with E-state index in [2.05, 4.69) is 10.3 Å². The van der Waals surface area contributed by atoms with Crippen LogP contribution in [0.15, 0.2) is 24.4 Å². The Balaban J connectivity index is 2.18. The van der Waals surface area contributed by atoms with Gasteiger partial charge in [-0.1, -0.05) is 6.92 Å². The summed E-state index contributed by atoms with van der Waals surface area (Å²) in [5.41, 5.74) is 0.623. The van der Waals surface area contributed by atoms with Crippen LogP contribution in [0.5, 0.6) is 11.5 Å². The first-order valence-electron chi connectivity index (χ1n) is 6.15. The van der Waals surface area contributed by atoms with Gasteiger partial charge in [-0.2, -0.15) is 0 Å². The van der Waals surface area contributed by atoms with Crippen LogP contribution in [-0.2, 0) is 6.42 Å². The van der Waals surface area contributed by atoms with E-state index in [1.165, 1.54) is 11.3 Å². The molecule has 0 aliphatic rings. The summed E-state index contributed by atoms with van der Waals surface area (Å²) in [6.07, 6.45) is 2.42. The highest BCUT2D eigenvalue weighted by atomic mass is 32.1. The second-order valence-corrected chi connectivity index (χ2v) is 5.14. The Kier molecular flexibility index (Phi) is 4.57. The third-order valence-corrected chi connectivity index (χ3v) is 3.83. The molecule has 2 aromatic rings.